The molecule has 1 aromatic heterocycles. The van der Waals surface area contributed by atoms with Crippen molar-refractivity contribution in [3.05, 3.63) is 91.9 Å². The number of carbonyl (C=O) groups excluding carboxylic acids is 1. The van der Waals surface area contributed by atoms with Crippen molar-refractivity contribution in [1.82, 2.24) is 19.6 Å². The number of halogens is 3. The average molecular weight is 531 g/mol. The van der Waals surface area contributed by atoms with Crippen LogP contribution in [0.1, 0.15) is 35.2 Å². The van der Waals surface area contributed by atoms with Gasteiger partial charge in [0.2, 0.25) is 5.91 Å². The van der Waals surface area contributed by atoms with Gasteiger partial charge in [0.1, 0.15) is 11.6 Å². The van der Waals surface area contributed by atoms with Gasteiger partial charge in [-0.2, -0.15) is 0 Å². The lowest BCUT2D eigenvalue weighted by molar-refractivity contribution is -0.127. The van der Waals surface area contributed by atoms with Crippen molar-refractivity contribution in [3.8, 4) is 0 Å². The first-order valence-electron chi connectivity index (χ1n) is 12.4. The summed E-state index contributed by atoms with van der Waals surface area (Å²) in [6, 6.07) is 10.8. The van der Waals surface area contributed by atoms with E-state index in [0.717, 1.165) is 17.3 Å². The minimum Gasteiger partial charge on any atom is -0.395 e. The molecule has 0 unspecified atom stereocenters. The molecule has 0 bridgehead atoms. The van der Waals surface area contributed by atoms with E-state index in [2.05, 4.69) is 5.32 Å². The van der Waals surface area contributed by atoms with Gasteiger partial charge in [-0.25, -0.2) is 13.5 Å². The molecule has 1 aliphatic heterocycles. The van der Waals surface area contributed by atoms with Crippen LogP contribution in [0.4, 0.5) is 8.78 Å². The van der Waals surface area contributed by atoms with Crippen LogP contribution >= 0.6 is 11.6 Å². The lowest BCUT2D eigenvalue weighted by Gasteiger charge is -2.27. The number of hydrogen-bond donors (Lipinski definition) is 2. The summed E-state index contributed by atoms with van der Waals surface area (Å²) in [7, 11) is 0. The van der Waals surface area contributed by atoms with E-state index in [4.69, 9.17) is 11.6 Å². The lowest BCUT2D eigenvalue weighted by atomic mass is 10.1. The molecule has 2 aliphatic rings. The Hall–Kier alpha value is -3.01. The van der Waals surface area contributed by atoms with Gasteiger partial charge in [-0.1, -0.05) is 23.7 Å². The maximum atomic E-state index is 13.7. The third kappa shape index (κ3) is 5.49. The Morgan fingerprint density at radius 3 is 2.38 bits per heavy atom. The van der Waals surface area contributed by atoms with Crippen LogP contribution in [-0.2, 0) is 37.4 Å². The SMILES string of the molecule is O=C(NCCn1c2c(c(=O)n1Cc1ccc(Cl)cc1)CN(Cc1cc(F)cc(F)c1)CC2)C1(CO)CC1. The third-order valence-electron chi connectivity index (χ3n) is 7.31. The highest BCUT2D eigenvalue weighted by atomic mass is 35.5. The second-order valence-corrected chi connectivity index (χ2v) is 10.4. The van der Waals surface area contributed by atoms with Gasteiger partial charge in [0.05, 0.1) is 30.7 Å². The van der Waals surface area contributed by atoms with E-state index in [-0.39, 0.29) is 18.1 Å². The number of aliphatic hydroxyl groups excluding tert-OH is 1. The van der Waals surface area contributed by atoms with E-state index < -0.39 is 17.0 Å². The largest absolute Gasteiger partial charge is 0.395 e. The van der Waals surface area contributed by atoms with Gasteiger partial charge in [-0.05, 0) is 48.2 Å². The highest BCUT2D eigenvalue weighted by Crippen LogP contribution is 2.45. The molecule has 10 heteroatoms. The fraction of sp³-hybridized carbons (Fsp3) is 0.407. The van der Waals surface area contributed by atoms with Crippen molar-refractivity contribution in [1.29, 1.82) is 0 Å². The molecule has 5 rings (SSSR count). The molecule has 0 radical (unpaired) electrons. The minimum absolute atomic E-state index is 0.125. The first-order valence-corrected chi connectivity index (χ1v) is 12.8. The molecule has 2 aromatic carbocycles. The summed E-state index contributed by atoms with van der Waals surface area (Å²) >= 11 is 6.03. The number of benzene rings is 2. The molecule has 1 aliphatic carbocycles. The van der Waals surface area contributed by atoms with Crippen molar-refractivity contribution >= 4 is 17.5 Å². The molecule has 1 amide bonds. The Kier molecular flexibility index (Phi) is 7.20. The Morgan fingerprint density at radius 1 is 1.03 bits per heavy atom. The molecule has 0 saturated heterocycles. The van der Waals surface area contributed by atoms with Crippen LogP contribution in [0, 0.1) is 17.0 Å². The van der Waals surface area contributed by atoms with Crippen molar-refractivity contribution in [2.45, 2.75) is 45.4 Å². The summed E-state index contributed by atoms with van der Waals surface area (Å²) < 4.78 is 31.0. The molecule has 3 aromatic rings. The van der Waals surface area contributed by atoms with Crippen LogP contribution in [0.15, 0.2) is 47.3 Å². The van der Waals surface area contributed by atoms with E-state index >= 15 is 0 Å². The zero-order valence-electron chi connectivity index (χ0n) is 20.4. The Bertz CT molecular complexity index is 1340. The van der Waals surface area contributed by atoms with Gasteiger partial charge in [0, 0.05) is 49.4 Å². The van der Waals surface area contributed by atoms with Gasteiger partial charge >= 0.3 is 0 Å². The van der Waals surface area contributed by atoms with E-state index in [1.807, 2.05) is 21.7 Å². The second kappa shape index (κ2) is 10.4. The number of fused-ring (bicyclic) bond motifs is 1. The first-order chi connectivity index (χ1) is 17.8. The molecule has 37 heavy (non-hydrogen) atoms. The number of rotatable bonds is 9. The van der Waals surface area contributed by atoms with Gasteiger partial charge in [0.15, 0.2) is 0 Å². The lowest BCUT2D eigenvalue weighted by Crippen LogP contribution is -2.37. The fourth-order valence-electron chi connectivity index (χ4n) is 5.04. The van der Waals surface area contributed by atoms with Crippen molar-refractivity contribution < 1.29 is 18.7 Å². The van der Waals surface area contributed by atoms with Crippen LogP contribution in [0.2, 0.25) is 5.02 Å². The minimum atomic E-state index is -0.657. The molecular weight excluding hydrogens is 502 g/mol. The van der Waals surface area contributed by atoms with E-state index in [1.165, 1.54) is 12.1 Å². The van der Waals surface area contributed by atoms with Crippen molar-refractivity contribution in [2.24, 2.45) is 5.41 Å². The van der Waals surface area contributed by atoms with Crippen LogP contribution in [0.3, 0.4) is 0 Å². The molecule has 2 N–H and O–H groups in total. The summed E-state index contributed by atoms with van der Waals surface area (Å²) in [4.78, 5) is 28.1. The summed E-state index contributed by atoms with van der Waals surface area (Å²) in [5.41, 5.74) is 2.20. The van der Waals surface area contributed by atoms with Crippen LogP contribution in [-0.4, -0.2) is 45.0 Å². The smallest absolute Gasteiger partial charge is 0.271 e. The van der Waals surface area contributed by atoms with Crippen LogP contribution in [0.5, 0.6) is 0 Å². The number of hydrogen-bond acceptors (Lipinski definition) is 4. The topological polar surface area (TPSA) is 79.5 Å². The quantitative estimate of drug-likeness (QED) is 0.446. The molecule has 1 saturated carbocycles. The fourth-order valence-corrected chi connectivity index (χ4v) is 5.16. The zero-order valence-corrected chi connectivity index (χ0v) is 21.1. The Labute approximate surface area is 218 Å². The number of amides is 1. The highest BCUT2D eigenvalue weighted by Gasteiger charge is 2.49. The average Bonchev–Trinajstić information content (AvgIpc) is 3.63. The molecule has 7 nitrogen and oxygen atoms in total. The maximum absolute atomic E-state index is 13.7. The molecule has 0 atom stereocenters. The number of carbonyl (C=O) groups is 1. The summed E-state index contributed by atoms with van der Waals surface area (Å²) in [5, 5.41) is 13.1. The predicted molar refractivity (Wildman–Crippen MR) is 135 cm³/mol. The highest BCUT2D eigenvalue weighted by molar-refractivity contribution is 6.30. The van der Waals surface area contributed by atoms with Gasteiger partial charge in [0.25, 0.3) is 5.56 Å². The number of nitrogens with one attached hydrogen (secondary N) is 1. The number of aromatic nitrogens is 2. The van der Waals surface area contributed by atoms with Crippen LogP contribution in [0.25, 0.3) is 0 Å². The number of aliphatic hydroxyl groups is 1. The summed E-state index contributed by atoms with van der Waals surface area (Å²) in [6.45, 7) is 2.22. The van der Waals surface area contributed by atoms with Crippen LogP contribution < -0.4 is 10.9 Å². The van der Waals surface area contributed by atoms with E-state index in [1.54, 1.807) is 16.8 Å². The van der Waals surface area contributed by atoms with Gasteiger partial charge in [-0.3, -0.25) is 19.2 Å². The molecular formula is C27H29ClF2N4O3. The van der Waals surface area contributed by atoms with E-state index in [9.17, 15) is 23.5 Å². The molecule has 0 spiro atoms. The normalized spacial score (nSPS) is 16.4. The molecule has 1 fully saturated rings. The van der Waals surface area contributed by atoms with E-state index in [0.29, 0.717) is 74.7 Å². The van der Waals surface area contributed by atoms with Gasteiger partial charge in [-0.15, -0.1) is 0 Å². The van der Waals surface area contributed by atoms with Gasteiger partial charge < -0.3 is 10.4 Å². The predicted octanol–water partition coefficient (Wildman–Crippen LogP) is 3.08. The Balaban J connectivity index is 1.38. The zero-order chi connectivity index (χ0) is 26.2. The Morgan fingerprint density at radius 2 is 1.73 bits per heavy atom. The van der Waals surface area contributed by atoms with Crippen molar-refractivity contribution in [2.75, 3.05) is 19.7 Å². The summed E-state index contributed by atoms with van der Waals surface area (Å²) in [5.74, 6) is -1.41. The van der Waals surface area contributed by atoms with Crippen molar-refractivity contribution in [3.63, 3.8) is 0 Å². The summed E-state index contributed by atoms with van der Waals surface area (Å²) in [6.07, 6.45) is 1.95. The number of nitrogens with zero attached hydrogens (tertiary/aromatic N) is 3. The first kappa shape index (κ1) is 25.6. The maximum Gasteiger partial charge on any atom is 0.271 e. The molecule has 2 heterocycles. The standard InChI is InChI=1S/C27H29ClF2N4O3/c28-20-3-1-18(2-4-20)15-34-25(36)23-16-32(14-19-11-21(29)13-22(30)12-19)9-5-24(23)33(34)10-8-31-26(37)27(17-35)6-7-27/h1-4,11-13,35H,5-10,14-17H2,(H,31,37). The third-order valence-corrected chi connectivity index (χ3v) is 7.56. The molecule has 196 valence electrons. The monoisotopic (exact) mass is 530 g/mol. The second-order valence-electron chi connectivity index (χ2n) is 9.97.